The molecule has 0 amide bonds. The minimum atomic E-state index is 0.142. The Bertz CT molecular complexity index is 622. The lowest BCUT2D eigenvalue weighted by molar-refractivity contribution is 0.139. The van der Waals surface area contributed by atoms with E-state index >= 15 is 0 Å². The van der Waals surface area contributed by atoms with Crippen LogP contribution in [0, 0.1) is 0 Å². The van der Waals surface area contributed by atoms with Gasteiger partial charge in [0.05, 0.1) is 5.56 Å². The van der Waals surface area contributed by atoms with Gasteiger partial charge in [-0.25, -0.2) is 0 Å². The van der Waals surface area contributed by atoms with Gasteiger partial charge in [0.1, 0.15) is 10.8 Å². The Hall–Kier alpha value is -1.66. The average Bonchev–Trinajstić information content (AvgIpc) is 2.84. The first-order valence-corrected chi connectivity index (χ1v) is 7.88. The van der Waals surface area contributed by atoms with Gasteiger partial charge in [-0.3, -0.25) is 9.88 Å². The van der Waals surface area contributed by atoms with Crippen molar-refractivity contribution in [3.8, 4) is 11.1 Å². The number of pyridine rings is 1. The molecule has 3 heterocycles. The first-order valence-electron chi connectivity index (χ1n) is 7.11. The highest BCUT2D eigenvalue weighted by atomic mass is 32.1. The van der Waals surface area contributed by atoms with E-state index in [1.165, 1.54) is 11.5 Å². The third-order valence-corrected chi connectivity index (χ3v) is 5.18. The maximum atomic E-state index is 6.11. The van der Waals surface area contributed by atoms with Crippen molar-refractivity contribution in [2.45, 2.75) is 19.4 Å². The minimum Gasteiger partial charge on any atom is -0.382 e. The van der Waals surface area contributed by atoms with E-state index in [2.05, 4.69) is 40.1 Å². The van der Waals surface area contributed by atoms with E-state index in [1.807, 2.05) is 18.3 Å². The molecule has 0 aliphatic carbocycles. The maximum absolute atomic E-state index is 6.11. The zero-order valence-electron chi connectivity index (χ0n) is 12.7. The van der Waals surface area contributed by atoms with E-state index in [0.29, 0.717) is 5.82 Å². The predicted molar refractivity (Wildman–Crippen MR) is 88.7 cm³/mol. The summed E-state index contributed by atoms with van der Waals surface area (Å²) in [6, 6.07) is 3.97. The lowest BCUT2D eigenvalue weighted by atomic mass is 9.99. The minimum absolute atomic E-state index is 0.142. The molecule has 1 fully saturated rings. The van der Waals surface area contributed by atoms with Crippen LogP contribution < -0.4 is 10.6 Å². The van der Waals surface area contributed by atoms with Gasteiger partial charge in [0.2, 0.25) is 0 Å². The van der Waals surface area contributed by atoms with Crippen LogP contribution in [0.4, 0.5) is 10.8 Å². The summed E-state index contributed by atoms with van der Waals surface area (Å²) in [6.07, 6.45) is 3.63. The normalized spacial score (nSPS) is 18.9. The molecule has 5 nitrogen and oxygen atoms in total. The molecule has 0 saturated carbocycles. The fraction of sp³-hybridized carbons (Fsp3) is 0.467. The van der Waals surface area contributed by atoms with Crippen molar-refractivity contribution in [1.29, 1.82) is 0 Å². The van der Waals surface area contributed by atoms with Crippen LogP contribution in [-0.4, -0.2) is 46.5 Å². The maximum Gasteiger partial charge on any atom is 0.147 e. The Morgan fingerprint density at radius 2 is 2.14 bits per heavy atom. The van der Waals surface area contributed by atoms with Crippen molar-refractivity contribution in [3.05, 3.63) is 24.5 Å². The van der Waals surface area contributed by atoms with Crippen LogP contribution in [0.2, 0.25) is 0 Å². The molecule has 0 atom stereocenters. The monoisotopic (exact) mass is 303 g/mol. The largest absolute Gasteiger partial charge is 0.382 e. The number of nitrogens with zero attached hydrogens (tertiary/aromatic N) is 4. The summed E-state index contributed by atoms with van der Waals surface area (Å²) in [5.41, 5.74) is 8.31. The van der Waals surface area contributed by atoms with Crippen LogP contribution in [0.25, 0.3) is 11.1 Å². The molecule has 0 unspecified atom stereocenters. The van der Waals surface area contributed by atoms with Gasteiger partial charge in [-0.15, -0.1) is 0 Å². The highest BCUT2D eigenvalue weighted by Crippen LogP contribution is 2.40. The number of hydrogen-bond donors (Lipinski definition) is 1. The standard InChI is InChI=1S/C15H21N5S/c1-15(2)10-20(8-7-19(15)3)14-12(13(16)18-21-14)11-5-4-6-17-9-11/h4-6,9H,7-8,10H2,1-3H3,(H2,16,18). The molecule has 0 aromatic carbocycles. The van der Waals surface area contributed by atoms with E-state index in [0.717, 1.165) is 35.8 Å². The van der Waals surface area contributed by atoms with Gasteiger partial charge in [-0.2, -0.15) is 4.37 Å². The number of aromatic nitrogens is 2. The molecule has 21 heavy (non-hydrogen) atoms. The molecule has 0 spiro atoms. The van der Waals surface area contributed by atoms with Crippen molar-refractivity contribution in [3.63, 3.8) is 0 Å². The van der Waals surface area contributed by atoms with Gasteiger partial charge in [0, 0.05) is 43.1 Å². The SMILES string of the molecule is CN1CCN(c2snc(N)c2-c2cccnc2)CC1(C)C. The summed E-state index contributed by atoms with van der Waals surface area (Å²) in [5.74, 6) is 0.597. The molecule has 0 bridgehead atoms. The molecule has 1 saturated heterocycles. The lowest BCUT2D eigenvalue weighted by Gasteiger charge is -2.45. The number of piperazine rings is 1. The number of rotatable bonds is 2. The zero-order valence-corrected chi connectivity index (χ0v) is 13.5. The van der Waals surface area contributed by atoms with Crippen LogP contribution in [0.3, 0.4) is 0 Å². The van der Waals surface area contributed by atoms with Crippen LogP contribution in [0.15, 0.2) is 24.5 Å². The quantitative estimate of drug-likeness (QED) is 0.922. The second-order valence-corrected chi connectivity index (χ2v) is 6.90. The van der Waals surface area contributed by atoms with Crippen molar-refractivity contribution >= 4 is 22.4 Å². The van der Waals surface area contributed by atoms with E-state index in [1.54, 1.807) is 6.20 Å². The van der Waals surface area contributed by atoms with E-state index < -0.39 is 0 Å². The van der Waals surface area contributed by atoms with E-state index in [9.17, 15) is 0 Å². The fourth-order valence-electron chi connectivity index (χ4n) is 2.70. The summed E-state index contributed by atoms with van der Waals surface area (Å²) in [4.78, 5) is 9.00. The zero-order chi connectivity index (χ0) is 15.0. The molecule has 112 valence electrons. The van der Waals surface area contributed by atoms with Crippen LogP contribution in [0.1, 0.15) is 13.8 Å². The summed E-state index contributed by atoms with van der Waals surface area (Å²) in [6.45, 7) is 7.55. The molecule has 3 rings (SSSR count). The second-order valence-electron chi connectivity index (χ2n) is 6.15. The summed E-state index contributed by atoms with van der Waals surface area (Å²) in [5, 5.41) is 1.15. The smallest absolute Gasteiger partial charge is 0.147 e. The highest BCUT2D eigenvalue weighted by Gasteiger charge is 2.33. The molecule has 1 aliphatic rings. The molecule has 6 heteroatoms. The Morgan fingerprint density at radius 3 is 2.81 bits per heavy atom. The first kappa shape index (κ1) is 14.3. The Kier molecular flexibility index (Phi) is 3.59. The number of likely N-dealkylation sites (N-methyl/N-ethyl adjacent to an activating group) is 1. The molecular weight excluding hydrogens is 282 g/mol. The van der Waals surface area contributed by atoms with Crippen LogP contribution in [0.5, 0.6) is 0 Å². The van der Waals surface area contributed by atoms with E-state index in [-0.39, 0.29) is 5.54 Å². The van der Waals surface area contributed by atoms with Crippen molar-refractivity contribution in [2.75, 3.05) is 37.3 Å². The highest BCUT2D eigenvalue weighted by molar-refractivity contribution is 7.11. The topological polar surface area (TPSA) is 58.3 Å². The van der Waals surface area contributed by atoms with Gasteiger partial charge < -0.3 is 10.6 Å². The van der Waals surface area contributed by atoms with Gasteiger partial charge in [0.15, 0.2) is 0 Å². The average molecular weight is 303 g/mol. The first-order chi connectivity index (χ1) is 9.99. The summed E-state index contributed by atoms with van der Waals surface area (Å²) < 4.78 is 4.37. The van der Waals surface area contributed by atoms with Gasteiger partial charge >= 0.3 is 0 Å². The molecule has 2 N–H and O–H groups in total. The molecule has 2 aromatic rings. The number of hydrogen-bond acceptors (Lipinski definition) is 6. The summed E-state index contributed by atoms with van der Waals surface area (Å²) in [7, 11) is 2.18. The van der Waals surface area contributed by atoms with Crippen LogP contribution >= 0.6 is 11.5 Å². The van der Waals surface area contributed by atoms with Crippen molar-refractivity contribution in [1.82, 2.24) is 14.3 Å². The van der Waals surface area contributed by atoms with Gasteiger partial charge in [-0.1, -0.05) is 6.07 Å². The van der Waals surface area contributed by atoms with Gasteiger partial charge in [-0.05, 0) is 38.5 Å². The van der Waals surface area contributed by atoms with Crippen LogP contribution in [-0.2, 0) is 0 Å². The van der Waals surface area contributed by atoms with Gasteiger partial charge in [0.25, 0.3) is 0 Å². The Labute approximate surface area is 129 Å². The third-order valence-electron chi connectivity index (χ3n) is 4.25. The number of anilines is 2. The molecular formula is C15H21N5S. The van der Waals surface area contributed by atoms with Crippen molar-refractivity contribution in [2.24, 2.45) is 0 Å². The predicted octanol–water partition coefficient (Wildman–Crippen LogP) is 2.32. The number of nitrogens with two attached hydrogens (primary N) is 1. The Morgan fingerprint density at radius 1 is 1.33 bits per heavy atom. The Balaban J connectivity index is 1.98. The second kappa shape index (κ2) is 5.27. The third kappa shape index (κ3) is 2.61. The van der Waals surface area contributed by atoms with E-state index in [4.69, 9.17) is 5.73 Å². The summed E-state index contributed by atoms with van der Waals surface area (Å²) >= 11 is 1.48. The van der Waals surface area contributed by atoms with Crippen molar-refractivity contribution < 1.29 is 0 Å². The fourth-order valence-corrected chi connectivity index (χ4v) is 3.57. The molecule has 2 aromatic heterocycles. The number of nitrogen functional groups attached to an aromatic ring is 1. The molecule has 1 aliphatic heterocycles. The molecule has 0 radical (unpaired) electrons. The lowest BCUT2D eigenvalue weighted by Crippen LogP contribution is -2.57.